The van der Waals surface area contributed by atoms with E-state index < -0.39 is 12.1 Å². The van der Waals surface area contributed by atoms with Crippen LogP contribution >= 0.6 is 11.6 Å². The molecule has 7 heteroatoms. The number of amides is 1. The molecule has 0 spiro atoms. The summed E-state index contributed by atoms with van der Waals surface area (Å²) in [5.41, 5.74) is 1.48. The minimum Gasteiger partial charge on any atom is -0.465 e. The minimum absolute atomic E-state index is 0.401. The van der Waals surface area contributed by atoms with Gasteiger partial charge >= 0.3 is 12.1 Å². The Morgan fingerprint density at radius 3 is 2.35 bits per heavy atom. The van der Waals surface area contributed by atoms with E-state index in [4.69, 9.17) is 21.4 Å². The van der Waals surface area contributed by atoms with Gasteiger partial charge in [-0.2, -0.15) is 0 Å². The average molecular weight is 375 g/mol. The van der Waals surface area contributed by atoms with Crippen molar-refractivity contribution in [3.05, 3.63) is 64.7 Å². The molecule has 0 atom stereocenters. The van der Waals surface area contributed by atoms with E-state index >= 15 is 0 Å². The van der Waals surface area contributed by atoms with Crippen molar-refractivity contribution in [2.24, 2.45) is 0 Å². The summed E-state index contributed by atoms with van der Waals surface area (Å²) in [6.07, 6.45) is -0.865. The smallest absolute Gasteiger partial charge is 0.407 e. The number of carbonyl (C=O) groups excluding carboxylic acids is 1. The first kappa shape index (κ1) is 18.2. The molecule has 0 aliphatic carbocycles. The first-order valence-corrected chi connectivity index (χ1v) is 8.66. The van der Waals surface area contributed by atoms with Gasteiger partial charge in [0.1, 0.15) is 5.75 Å². The second kappa shape index (κ2) is 8.21. The number of piperazine rings is 1. The molecule has 0 unspecified atom stereocenters. The molecule has 1 N–H and O–H groups in total. The van der Waals surface area contributed by atoms with Crippen LogP contribution in [0.4, 0.5) is 4.79 Å². The second-order valence-corrected chi connectivity index (χ2v) is 6.53. The molecular weight excluding hydrogens is 356 g/mol. The fourth-order valence-corrected chi connectivity index (χ4v) is 2.99. The Morgan fingerprint density at radius 2 is 1.73 bits per heavy atom. The SMILES string of the molecule is O=C(Oc1ccc(CN2CCN(C(=O)O)CC2)cc1)c1cccc(Cl)c1. The van der Waals surface area contributed by atoms with Crippen LogP contribution < -0.4 is 4.74 Å². The fraction of sp³-hybridized carbons (Fsp3) is 0.263. The van der Waals surface area contributed by atoms with Gasteiger partial charge < -0.3 is 14.7 Å². The zero-order chi connectivity index (χ0) is 18.5. The predicted octanol–water partition coefficient (Wildman–Crippen LogP) is 3.35. The third kappa shape index (κ3) is 4.74. The van der Waals surface area contributed by atoms with E-state index in [1.807, 2.05) is 12.1 Å². The molecule has 1 heterocycles. The molecule has 1 fully saturated rings. The summed E-state index contributed by atoms with van der Waals surface area (Å²) in [5, 5.41) is 9.46. The Hall–Kier alpha value is -2.57. The van der Waals surface area contributed by atoms with Crippen LogP contribution in [-0.2, 0) is 6.54 Å². The highest BCUT2D eigenvalue weighted by Gasteiger charge is 2.20. The Balaban J connectivity index is 1.54. The number of carbonyl (C=O) groups is 2. The van der Waals surface area contributed by atoms with Gasteiger partial charge in [0.25, 0.3) is 0 Å². The van der Waals surface area contributed by atoms with Crippen molar-refractivity contribution in [1.29, 1.82) is 0 Å². The van der Waals surface area contributed by atoms with Crippen LogP contribution in [0.3, 0.4) is 0 Å². The number of rotatable bonds is 4. The average Bonchev–Trinajstić information content (AvgIpc) is 2.64. The fourth-order valence-electron chi connectivity index (χ4n) is 2.80. The van der Waals surface area contributed by atoms with Crippen LogP contribution in [0, 0.1) is 0 Å². The number of benzene rings is 2. The first-order chi connectivity index (χ1) is 12.5. The van der Waals surface area contributed by atoms with Crippen LogP contribution in [0.5, 0.6) is 5.75 Å². The maximum atomic E-state index is 12.1. The summed E-state index contributed by atoms with van der Waals surface area (Å²) < 4.78 is 5.36. The van der Waals surface area contributed by atoms with E-state index in [9.17, 15) is 9.59 Å². The number of hydrogen-bond acceptors (Lipinski definition) is 4. The highest BCUT2D eigenvalue weighted by Crippen LogP contribution is 2.17. The van der Waals surface area contributed by atoms with Crippen molar-refractivity contribution < 1.29 is 19.4 Å². The summed E-state index contributed by atoms with van der Waals surface area (Å²) >= 11 is 5.88. The number of hydrogen-bond donors (Lipinski definition) is 1. The third-order valence-corrected chi connectivity index (χ3v) is 4.48. The van der Waals surface area contributed by atoms with E-state index in [1.54, 1.807) is 36.4 Å². The topological polar surface area (TPSA) is 70.1 Å². The Morgan fingerprint density at radius 1 is 1.04 bits per heavy atom. The number of nitrogens with zero attached hydrogens (tertiary/aromatic N) is 2. The molecule has 26 heavy (non-hydrogen) atoms. The Kier molecular flexibility index (Phi) is 5.75. The normalized spacial score (nSPS) is 14.9. The Bertz CT molecular complexity index is 786. The molecule has 6 nitrogen and oxygen atoms in total. The van der Waals surface area contributed by atoms with Gasteiger partial charge in [-0.3, -0.25) is 4.90 Å². The van der Waals surface area contributed by atoms with Crippen molar-refractivity contribution in [2.75, 3.05) is 26.2 Å². The van der Waals surface area contributed by atoms with Crippen LogP contribution in [0.25, 0.3) is 0 Å². The van der Waals surface area contributed by atoms with Gasteiger partial charge in [0, 0.05) is 37.7 Å². The number of carboxylic acid groups (broad SMARTS) is 1. The third-order valence-electron chi connectivity index (χ3n) is 4.24. The van der Waals surface area contributed by atoms with Crippen molar-refractivity contribution in [3.63, 3.8) is 0 Å². The Labute approximate surface area is 156 Å². The number of esters is 1. The summed E-state index contributed by atoms with van der Waals surface area (Å²) in [6, 6.07) is 13.9. The second-order valence-electron chi connectivity index (χ2n) is 6.09. The maximum Gasteiger partial charge on any atom is 0.407 e. The highest BCUT2D eigenvalue weighted by atomic mass is 35.5. The molecular formula is C19H19ClN2O4. The monoisotopic (exact) mass is 374 g/mol. The van der Waals surface area contributed by atoms with E-state index in [0.29, 0.717) is 42.5 Å². The predicted molar refractivity (Wildman–Crippen MR) is 97.7 cm³/mol. The quantitative estimate of drug-likeness (QED) is 0.656. The summed E-state index contributed by atoms with van der Waals surface area (Å²) in [6.45, 7) is 3.18. The van der Waals surface area contributed by atoms with Gasteiger partial charge in [-0.15, -0.1) is 0 Å². The molecule has 1 amide bonds. The van der Waals surface area contributed by atoms with Crippen molar-refractivity contribution in [2.45, 2.75) is 6.54 Å². The molecule has 1 saturated heterocycles. The molecule has 3 rings (SSSR count). The minimum atomic E-state index is -0.865. The molecule has 1 aliphatic heterocycles. The zero-order valence-electron chi connectivity index (χ0n) is 14.1. The van der Waals surface area contributed by atoms with Crippen LogP contribution in [0.1, 0.15) is 15.9 Å². The molecule has 136 valence electrons. The summed E-state index contributed by atoms with van der Waals surface area (Å²) in [4.78, 5) is 26.7. The van der Waals surface area contributed by atoms with Gasteiger partial charge in [0.2, 0.25) is 0 Å². The van der Waals surface area contributed by atoms with Crippen LogP contribution in [0.15, 0.2) is 48.5 Å². The lowest BCUT2D eigenvalue weighted by molar-refractivity contribution is 0.0734. The van der Waals surface area contributed by atoms with Crippen molar-refractivity contribution in [1.82, 2.24) is 9.80 Å². The van der Waals surface area contributed by atoms with E-state index in [2.05, 4.69) is 4.90 Å². The van der Waals surface area contributed by atoms with E-state index in [0.717, 1.165) is 12.1 Å². The molecule has 2 aromatic rings. The number of ether oxygens (including phenoxy) is 1. The highest BCUT2D eigenvalue weighted by molar-refractivity contribution is 6.30. The first-order valence-electron chi connectivity index (χ1n) is 8.28. The molecule has 0 saturated carbocycles. The molecule has 0 aromatic heterocycles. The van der Waals surface area contributed by atoms with Gasteiger partial charge in [-0.25, -0.2) is 9.59 Å². The molecule has 0 bridgehead atoms. The maximum absolute atomic E-state index is 12.1. The van der Waals surface area contributed by atoms with Gasteiger partial charge in [-0.05, 0) is 35.9 Å². The van der Waals surface area contributed by atoms with E-state index in [1.165, 1.54) is 4.90 Å². The van der Waals surface area contributed by atoms with Crippen LogP contribution in [-0.4, -0.2) is 53.1 Å². The summed E-state index contributed by atoms with van der Waals surface area (Å²) in [5.74, 6) is 0.0134. The lowest BCUT2D eigenvalue weighted by Gasteiger charge is -2.33. The summed E-state index contributed by atoms with van der Waals surface area (Å²) in [7, 11) is 0. The molecule has 1 aliphatic rings. The number of halogens is 1. The van der Waals surface area contributed by atoms with E-state index in [-0.39, 0.29) is 0 Å². The van der Waals surface area contributed by atoms with Gasteiger partial charge in [0.05, 0.1) is 5.56 Å². The van der Waals surface area contributed by atoms with Crippen molar-refractivity contribution >= 4 is 23.7 Å². The van der Waals surface area contributed by atoms with Gasteiger partial charge in [0.15, 0.2) is 0 Å². The zero-order valence-corrected chi connectivity index (χ0v) is 14.9. The standard InChI is InChI=1S/C19H19ClN2O4/c20-16-3-1-2-15(12-16)18(23)26-17-6-4-14(5-7-17)13-21-8-10-22(11-9-21)19(24)25/h1-7,12H,8-11,13H2,(H,24,25). The lowest BCUT2D eigenvalue weighted by Crippen LogP contribution is -2.47. The van der Waals surface area contributed by atoms with Crippen molar-refractivity contribution in [3.8, 4) is 5.75 Å². The van der Waals surface area contributed by atoms with Crippen LogP contribution in [0.2, 0.25) is 5.02 Å². The van der Waals surface area contributed by atoms with Gasteiger partial charge in [-0.1, -0.05) is 29.8 Å². The molecule has 2 aromatic carbocycles. The molecule has 0 radical (unpaired) electrons. The largest absolute Gasteiger partial charge is 0.465 e. The lowest BCUT2D eigenvalue weighted by atomic mass is 10.2.